The summed E-state index contributed by atoms with van der Waals surface area (Å²) in [6.45, 7) is 1.45. The van der Waals surface area contributed by atoms with E-state index in [-0.39, 0.29) is 40.7 Å². The lowest BCUT2D eigenvalue weighted by Gasteiger charge is -2.13. The lowest BCUT2D eigenvalue weighted by atomic mass is 10.1. The molecule has 4 aromatic rings. The number of halogens is 5. The molecular formula is C23H17ClF4N4O3. The van der Waals surface area contributed by atoms with Gasteiger partial charge in [-0.2, -0.15) is 18.3 Å². The summed E-state index contributed by atoms with van der Waals surface area (Å²) in [5, 5.41) is 10.0. The number of nitrogens with zero attached hydrogens (tertiary/aromatic N) is 2. The average molecular weight is 509 g/mol. The van der Waals surface area contributed by atoms with E-state index in [2.05, 4.69) is 20.5 Å². The van der Waals surface area contributed by atoms with Crippen LogP contribution in [0.1, 0.15) is 28.5 Å². The second kappa shape index (κ2) is 9.79. The summed E-state index contributed by atoms with van der Waals surface area (Å²) in [7, 11) is 0. The number of carbonyl (C=O) groups is 1. The maximum atomic E-state index is 13.9. The van der Waals surface area contributed by atoms with E-state index >= 15 is 0 Å². The van der Waals surface area contributed by atoms with E-state index in [9.17, 15) is 22.4 Å². The quantitative estimate of drug-likeness (QED) is 0.226. The van der Waals surface area contributed by atoms with Crippen LogP contribution < -0.4 is 10.1 Å². The first-order chi connectivity index (χ1) is 16.7. The van der Waals surface area contributed by atoms with Crippen LogP contribution in [0.5, 0.6) is 5.75 Å². The number of H-pyrrole nitrogens is 1. The highest BCUT2D eigenvalue weighted by atomic mass is 35.5. The molecule has 0 aliphatic rings. The third-order valence-electron chi connectivity index (χ3n) is 4.85. The van der Waals surface area contributed by atoms with Crippen molar-refractivity contribution in [3.05, 3.63) is 76.3 Å². The minimum atomic E-state index is -4.88. The molecule has 7 nitrogen and oxygen atoms in total. The normalized spacial score (nSPS) is 11.5. The zero-order chi connectivity index (χ0) is 25.2. The number of hydrogen-bond acceptors (Lipinski definition) is 6. The Kier molecular flexibility index (Phi) is 6.79. The van der Waals surface area contributed by atoms with E-state index in [1.54, 1.807) is 12.1 Å². The number of esters is 1. The summed E-state index contributed by atoms with van der Waals surface area (Å²) in [5.74, 6) is -1.51. The minimum Gasteiger partial charge on any atom is -0.487 e. The summed E-state index contributed by atoms with van der Waals surface area (Å²) < 4.78 is 65.5. The Morgan fingerprint density at radius 3 is 2.69 bits per heavy atom. The predicted molar refractivity (Wildman–Crippen MR) is 120 cm³/mol. The fourth-order valence-corrected chi connectivity index (χ4v) is 3.64. The molecule has 0 amide bonds. The number of alkyl halides is 3. The maximum absolute atomic E-state index is 13.9. The first-order valence-electron chi connectivity index (χ1n) is 10.2. The molecule has 0 bridgehead atoms. The van der Waals surface area contributed by atoms with Gasteiger partial charge in [-0.15, -0.1) is 5.10 Å². The maximum Gasteiger partial charge on any atom is 0.419 e. The van der Waals surface area contributed by atoms with Crippen LogP contribution in [0.4, 0.5) is 29.1 Å². The number of benzene rings is 2. The van der Waals surface area contributed by atoms with Gasteiger partial charge in [-0.05, 0) is 42.8 Å². The molecule has 4 rings (SSSR count). The van der Waals surface area contributed by atoms with Crippen LogP contribution in [0.15, 0.2) is 48.7 Å². The zero-order valence-corrected chi connectivity index (χ0v) is 18.8. The summed E-state index contributed by atoms with van der Waals surface area (Å²) >= 11 is 6.27. The van der Waals surface area contributed by atoms with Crippen molar-refractivity contribution in [3.63, 3.8) is 0 Å². The van der Waals surface area contributed by atoms with Gasteiger partial charge in [0.15, 0.2) is 5.82 Å². The van der Waals surface area contributed by atoms with Crippen molar-refractivity contribution in [2.45, 2.75) is 19.7 Å². The lowest BCUT2D eigenvalue weighted by Crippen LogP contribution is -2.14. The Bertz CT molecular complexity index is 1390. The van der Waals surface area contributed by atoms with Crippen molar-refractivity contribution in [2.75, 3.05) is 11.9 Å². The van der Waals surface area contributed by atoms with Gasteiger partial charge in [-0.3, -0.25) is 0 Å². The molecule has 0 unspecified atom stereocenters. The highest BCUT2D eigenvalue weighted by Crippen LogP contribution is 2.41. The number of anilines is 2. The van der Waals surface area contributed by atoms with Crippen molar-refractivity contribution in [2.24, 2.45) is 0 Å². The first kappa shape index (κ1) is 24.3. The number of nitrogens with one attached hydrogen (secondary N) is 2. The molecular weight excluding hydrogens is 492 g/mol. The summed E-state index contributed by atoms with van der Waals surface area (Å²) in [5.41, 5.74) is -1.13. The van der Waals surface area contributed by atoms with Crippen LogP contribution in [0.3, 0.4) is 0 Å². The highest BCUT2D eigenvalue weighted by Gasteiger charge is 2.41. The summed E-state index contributed by atoms with van der Waals surface area (Å²) in [4.78, 5) is 14.6. The SMILES string of the molecule is CCOC(=O)c1[nH]c2cnnc(Nc3ccc(OCc4cccc(F)c4)c(Cl)c3)c2c1C(F)(F)F. The number of aromatic nitrogens is 3. The van der Waals surface area contributed by atoms with Gasteiger partial charge in [0, 0.05) is 5.69 Å². The zero-order valence-electron chi connectivity index (χ0n) is 18.0. The van der Waals surface area contributed by atoms with Crippen LogP contribution in [-0.2, 0) is 17.5 Å². The molecule has 0 atom stereocenters. The monoisotopic (exact) mass is 508 g/mol. The second-order valence-electron chi connectivity index (χ2n) is 7.26. The van der Waals surface area contributed by atoms with E-state index < -0.39 is 29.2 Å². The largest absolute Gasteiger partial charge is 0.487 e. The standard InChI is InChI=1S/C23H17ClF4N4O3/c1-2-34-22(33)20-19(23(26,27)28)18-16(31-20)10-29-32-21(18)30-14-6-7-17(15(24)9-14)35-11-12-4-3-5-13(25)8-12/h3-10,31H,2,11H2,1H3,(H,30,32). The van der Waals surface area contributed by atoms with Gasteiger partial charge in [0.2, 0.25) is 0 Å². The van der Waals surface area contributed by atoms with E-state index in [0.29, 0.717) is 11.3 Å². The van der Waals surface area contributed by atoms with Gasteiger partial charge in [-0.1, -0.05) is 23.7 Å². The lowest BCUT2D eigenvalue weighted by molar-refractivity contribution is -0.136. The van der Waals surface area contributed by atoms with Gasteiger partial charge in [0.25, 0.3) is 0 Å². The predicted octanol–water partition coefficient (Wildman–Crippen LogP) is 6.27. The van der Waals surface area contributed by atoms with Crippen molar-refractivity contribution in [3.8, 4) is 5.75 Å². The van der Waals surface area contributed by atoms with E-state index in [1.165, 1.54) is 37.3 Å². The number of ether oxygens (including phenoxy) is 2. The fourth-order valence-electron chi connectivity index (χ4n) is 3.40. The highest BCUT2D eigenvalue weighted by molar-refractivity contribution is 6.32. The third kappa shape index (κ3) is 5.29. The fraction of sp³-hybridized carbons (Fsp3) is 0.174. The third-order valence-corrected chi connectivity index (χ3v) is 5.15. The average Bonchev–Trinajstić information content (AvgIpc) is 3.20. The van der Waals surface area contributed by atoms with Gasteiger partial charge in [-0.25, -0.2) is 9.18 Å². The van der Waals surface area contributed by atoms with Crippen LogP contribution >= 0.6 is 11.6 Å². The molecule has 0 spiro atoms. The molecule has 0 fully saturated rings. The van der Waals surface area contributed by atoms with Gasteiger partial charge >= 0.3 is 12.1 Å². The van der Waals surface area contributed by atoms with E-state index in [1.807, 2.05) is 0 Å². The van der Waals surface area contributed by atoms with E-state index in [0.717, 1.165) is 6.20 Å². The number of aromatic amines is 1. The Morgan fingerprint density at radius 2 is 2.00 bits per heavy atom. The number of fused-ring (bicyclic) bond motifs is 1. The summed E-state index contributed by atoms with van der Waals surface area (Å²) in [6, 6.07) is 10.3. The van der Waals surface area contributed by atoms with Crippen LogP contribution in [0.2, 0.25) is 5.02 Å². The van der Waals surface area contributed by atoms with Crippen molar-refractivity contribution in [1.29, 1.82) is 0 Å². The van der Waals surface area contributed by atoms with Crippen molar-refractivity contribution >= 4 is 40.0 Å². The topological polar surface area (TPSA) is 89.1 Å². The second-order valence-corrected chi connectivity index (χ2v) is 7.67. The van der Waals surface area contributed by atoms with Gasteiger partial charge < -0.3 is 19.8 Å². The Balaban J connectivity index is 1.64. The van der Waals surface area contributed by atoms with E-state index in [4.69, 9.17) is 21.1 Å². The van der Waals surface area contributed by atoms with Crippen molar-refractivity contribution in [1.82, 2.24) is 15.2 Å². The van der Waals surface area contributed by atoms with Crippen LogP contribution in [0, 0.1) is 5.82 Å². The molecule has 2 aromatic heterocycles. The molecule has 0 saturated carbocycles. The summed E-state index contributed by atoms with van der Waals surface area (Å²) in [6.07, 6.45) is -3.80. The molecule has 0 aliphatic heterocycles. The molecule has 2 heterocycles. The van der Waals surface area contributed by atoms with Crippen molar-refractivity contribution < 1.29 is 31.8 Å². The molecule has 0 saturated heterocycles. The molecule has 12 heteroatoms. The molecule has 0 radical (unpaired) electrons. The molecule has 35 heavy (non-hydrogen) atoms. The Hall–Kier alpha value is -3.86. The molecule has 182 valence electrons. The number of carbonyl (C=O) groups excluding carboxylic acids is 1. The van der Waals surface area contributed by atoms with Crippen LogP contribution in [0.25, 0.3) is 10.9 Å². The minimum absolute atomic E-state index is 0.0565. The number of hydrogen-bond donors (Lipinski definition) is 2. The van der Waals surface area contributed by atoms with Gasteiger partial charge in [0.05, 0.1) is 34.3 Å². The smallest absolute Gasteiger partial charge is 0.419 e. The van der Waals surface area contributed by atoms with Gasteiger partial charge in [0.1, 0.15) is 23.9 Å². The first-order valence-corrected chi connectivity index (χ1v) is 10.6. The Labute approximate surface area is 201 Å². The number of rotatable bonds is 7. The molecule has 2 N–H and O–H groups in total. The van der Waals surface area contributed by atoms with Crippen LogP contribution in [-0.4, -0.2) is 27.8 Å². The molecule has 2 aromatic carbocycles. The Morgan fingerprint density at radius 1 is 1.20 bits per heavy atom. The molecule has 0 aliphatic carbocycles.